The predicted molar refractivity (Wildman–Crippen MR) is 82.6 cm³/mol. The first kappa shape index (κ1) is 13.9. The van der Waals surface area contributed by atoms with Crippen LogP contribution in [-0.4, -0.2) is 25.2 Å². The van der Waals surface area contributed by atoms with E-state index in [0.717, 1.165) is 29.2 Å². The standard InChI is InChI=1S/C17H20N2O2/c1-20-15-5-6-17(12-8-16(21-2)11-18-9-12)13(7-15)10-19-14-3-4-14/h5-9,11,14,19H,3-4,10H2,1-2H3. The van der Waals surface area contributed by atoms with Crippen LogP contribution in [0.4, 0.5) is 0 Å². The number of pyridine rings is 1. The van der Waals surface area contributed by atoms with E-state index in [9.17, 15) is 0 Å². The molecule has 0 spiro atoms. The Labute approximate surface area is 125 Å². The van der Waals surface area contributed by atoms with Gasteiger partial charge in [0.05, 0.1) is 20.4 Å². The largest absolute Gasteiger partial charge is 0.497 e. The lowest BCUT2D eigenvalue weighted by Gasteiger charge is -2.13. The predicted octanol–water partition coefficient (Wildman–Crippen LogP) is 3.02. The molecule has 0 aliphatic heterocycles. The summed E-state index contributed by atoms with van der Waals surface area (Å²) in [7, 11) is 3.35. The molecule has 1 aromatic heterocycles. The normalized spacial score (nSPS) is 14.0. The van der Waals surface area contributed by atoms with Crippen molar-refractivity contribution in [2.24, 2.45) is 0 Å². The summed E-state index contributed by atoms with van der Waals surface area (Å²) in [5.74, 6) is 1.65. The van der Waals surface area contributed by atoms with Crippen molar-refractivity contribution in [2.45, 2.75) is 25.4 Å². The van der Waals surface area contributed by atoms with Gasteiger partial charge in [-0.05, 0) is 42.2 Å². The fourth-order valence-electron chi connectivity index (χ4n) is 2.34. The number of rotatable bonds is 6. The van der Waals surface area contributed by atoms with Crippen LogP contribution in [0.5, 0.6) is 11.5 Å². The van der Waals surface area contributed by atoms with E-state index in [0.29, 0.717) is 6.04 Å². The molecule has 0 bridgehead atoms. The number of benzene rings is 1. The molecule has 1 aromatic carbocycles. The maximum absolute atomic E-state index is 5.34. The van der Waals surface area contributed by atoms with Crippen molar-refractivity contribution in [1.82, 2.24) is 10.3 Å². The molecule has 0 saturated heterocycles. The van der Waals surface area contributed by atoms with Gasteiger partial charge in [-0.25, -0.2) is 0 Å². The maximum Gasteiger partial charge on any atom is 0.137 e. The maximum atomic E-state index is 5.34. The van der Waals surface area contributed by atoms with Gasteiger partial charge in [0, 0.05) is 24.3 Å². The molecule has 1 aliphatic carbocycles. The van der Waals surface area contributed by atoms with Crippen molar-refractivity contribution in [3.63, 3.8) is 0 Å². The van der Waals surface area contributed by atoms with E-state index in [-0.39, 0.29) is 0 Å². The summed E-state index contributed by atoms with van der Waals surface area (Å²) in [6.45, 7) is 0.842. The molecule has 110 valence electrons. The second-order valence-corrected chi connectivity index (χ2v) is 5.29. The Kier molecular flexibility index (Phi) is 4.06. The van der Waals surface area contributed by atoms with Gasteiger partial charge < -0.3 is 14.8 Å². The van der Waals surface area contributed by atoms with Crippen molar-refractivity contribution in [1.29, 1.82) is 0 Å². The van der Waals surface area contributed by atoms with Crippen LogP contribution in [0.3, 0.4) is 0 Å². The number of nitrogens with zero attached hydrogens (tertiary/aromatic N) is 1. The van der Waals surface area contributed by atoms with Crippen molar-refractivity contribution in [2.75, 3.05) is 14.2 Å². The summed E-state index contributed by atoms with van der Waals surface area (Å²) < 4.78 is 10.6. The average Bonchev–Trinajstić information content (AvgIpc) is 3.37. The van der Waals surface area contributed by atoms with Gasteiger partial charge in [-0.2, -0.15) is 0 Å². The van der Waals surface area contributed by atoms with Gasteiger partial charge in [-0.15, -0.1) is 0 Å². The van der Waals surface area contributed by atoms with E-state index in [1.165, 1.54) is 18.4 Å². The summed E-state index contributed by atoms with van der Waals surface area (Å²) in [6, 6.07) is 8.83. The van der Waals surface area contributed by atoms with Gasteiger partial charge in [0.15, 0.2) is 0 Å². The molecule has 4 nitrogen and oxygen atoms in total. The summed E-state index contributed by atoms with van der Waals surface area (Å²) in [4.78, 5) is 4.25. The number of methoxy groups -OCH3 is 2. The first-order valence-electron chi connectivity index (χ1n) is 7.20. The monoisotopic (exact) mass is 284 g/mol. The van der Waals surface area contributed by atoms with E-state index in [1.54, 1.807) is 20.4 Å². The third-order valence-corrected chi connectivity index (χ3v) is 3.73. The highest BCUT2D eigenvalue weighted by Crippen LogP contribution is 2.30. The topological polar surface area (TPSA) is 43.4 Å². The molecule has 1 fully saturated rings. The Bertz CT molecular complexity index is 624. The van der Waals surface area contributed by atoms with Crippen LogP contribution < -0.4 is 14.8 Å². The fraction of sp³-hybridized carbons (Fsp3) is 0.353. The zero-order valence-corrected chi connectivity index (χ0v) is 12.4. The van der Waals surface area contributed by atoms with Gasteiger partial charge in [-0.1, -0.05) is 6.07 Å². The SMILES string of the molecule is COc1cncc(-c2ccc(OC)cc2CNC2CC2)c1. The van der Waals surface area contributed by atoms with Gasteiger partial charge in [-0.3, -0.25) is 4.98 Å². The second-order valence-electron chi connectivity index (χ2n) is 5.29. The van der Waals surface area contributed by atoms with E-state index < -0.39 is 0 Å². The average molecular weight is 284 g/mol. The lowest BCUT2D eigenvalue weighted by molar-refractivity contribution is 0.413. The number of ether oxygens (including phenoxy) is 2. The summed E-state index contributed by atoms with van der Waals surface area (Å²) in [5.41, 5.74) is 3.44. The minimum Gasteiger partial charge on any atom is -0.497 e. The van der Waals surface area contributed by atoms with Crippen LogP contribution in [0.2, 0.25) is 0 Å². The number of nitrogens with one attached hydrogen (secondary N) is 1. The molecule has 3 rings (SSSR count). The van der Waals surface area contributed by atoms with E-state index in [4.69, 9.17) is 9.47 Å². The highest BCUT2D eigenvalue weighted by molar-refractivity contribution is 5.68. The first-order valence-corrected chi connectivity index (χ1v) is 7.20. The Morgan fingerprint density at radius 1 is 1.10 bits per heavy atom. The second kappa shape index (κ2) is 6.14. The van der Waals surface area contributed by atoms with Crippen molar-refractivity contribution >= 4 is 0 Å². The van der Waals surface area contributed by atoms with Crippen LogP contribution in [0.15, 0.2) is 36.7 Å². The zero-order valence-electron chi connectivity index (χ0n) is 12.4. The molecule has 0 unspecified atom stereocenters. The molecule has 21 heavy (non-hydrogen) atoms. The number of hydrogen-bond acceptors (Lipinski definition) is 4. The smallest absolute Gasteiger partial charge is 0.137 e. The molecule has 0 atom stereocenters. The Morgan fingerprint density at radius 2 is 1.90 bits per heavy atom. The molecule has 4 heteroatoms. The van der Waals surface area contributed by atoms with Crippen LogP contribution in [-0.2, 0) is 6.54 Å². The molecule has 0 radical (unpaired) electrons. The zero-order chi connectivity index (χ0) is 14.7. The van der Waals surface area contributed by atoms with Crippen molar-refractivity contribution < 1.29 is 9.47 Å². The highest BCUT2D eigenvalue weighted by atomic mass is 16.5. The summed E-state index contributed by atoms with van der Waals surface area (Å²) >= 11 is 0. The third kappa shape index (κ3) is 3.34. The van der Waals surface area contributed by atoms with Crippen LogP contribution in [0.25, 0.3) is 11.1 Å². The Hall–Kier alpha value is -2.07. The molecule has 1 aliphatic rings. The molecule has 1 N–H and O–H groups in total. The summed E-state index contributed by atoms with van der Waals surface area (Å²) in [6.07, 6.45) is 6.14. The number of aromatic nitrogens is 1. The van der Waals surface area contributed by atoms with E-state index in [1.807, 2.05) is 18.3 Å². The van der Waals surface area contributed by atoms with Crippen LogP contribution >= 0.6 is 0 Å². The van der Waals surface area contributed by atoms with Crippen molar-refractivity contribution in [3.05, 3.63) is 42.2 Å². The number of hydrogen-bond donors (Lipinski definition) is 1. The van der Waals surface area contributed by atoms with Gasteiger partial charge in [0.25, 0.3) is 0 Å². The molecular formula is C17H20N2O2. The van der Waals surface area contributed by atoms with Gasteiger partial charge in [0.2, 0.25) is 0 Å². The van der Waals surface area contributed by atoms with E-state index in [2.05, 4.69) is 22.4 Å². The quantitative estimate of drug-likeness (QED) is 0.885. The molecule has 1 heterocycles. The molecule has 0 amide bonds. The Morgan fingerprint density at radius 3 is 2.62 bits per heavy atom. The van der Waals surface area contributed by atoms with Crippen LogP contribution in [0, 0.1) is 0 Å². The minimum absolute atomic E-state index is 0.674. The molecule has 2 aromatic rings. The lowest BCUT2D eigenvalue weighted by atomic mass is 10.0. The highest BCUT2D eigenvalue weighted by Gasteiger charge is 2.20. The van der Waals surface area contributed by atoms with Crippen LogP contribution in [0.1, 0.15) is 18.4 Å². The van der Waals surface area contributed by atoms with E-state index >= 15 is 0 Å². The third-order valence-electron chi connectivity index (χ3n) is 3.73. The fourth-order valence-corrected chi connectivity index (χ4v) is 2.34. The van der Waals surface area contributed by atoms with Gasteiger partial charge in [0.1, 0.15) is 11.5 Å². The lowest BCUT2D eigenvalue weighted by Crippen LogP contribution is -2.16. The van der Waals surface area contributed by atoms with Gasteiger partial charge >= 0.3 is 0 Å². The van der Waals surface area contributed by atoms with Crippen molar-refractivity contribution in [3.8, 4) is 22.6 Å². The summed E-state index contributed by atoms with van der Waals surface area (Å²) in [5, 5.41) is 3.56. The Balaban J connectivity index is 1.94. The first-order chi connectivity index (χ1) is 10.3. The molecular weight excluding hydrogens is 264 g/mol. The minimum atomic E-state index is 0.674. The molecule has 1 saturated carbocycles.